The number of anilines is 2. The number of nitrogens with zero attached hydrogens (tertiary/aromatic N) is 1. The predicted molar refractivity (Wildman–Crippen MR) is 115 cm³/mol. The van der Waals surface area contributed by atoms with Crippen LogP contribution in [0.4, 0.5) is 11.4 Å². The molecule has 0 unspecified atom stereocenters. The van der Waals surface area contributed by atoms with Gasteiger partial charge in [-0.25, -0.2) is 4.79 Å². The molecular weight excluding hydrogens is 400 g/mol. The fourth-order valence-electron chi connectivity index (χ4n) is 3.72. The summed E-state index contributed by atoms with van der Waals surface area (Å²) in [6.07, 6.45) is 0. The summed E-state index contributed by atoms with van der Waals surface area (Å²) in [5.41, 5.74) is 3.32. The van der Waals surface area contributed by atoms with Crippen molar-refractivity contribution in [2.75, 3.05) is 11.5 Å². The molecule has 0 fully saturated rings. The molecule has 6 nitrogen and oxygen atoms in total. The highest BCUT2D eigenvalue weighted by Crippen LogP contribution is 2.47. The third-order valence-electron chi connectivity index (χ3n) is 5.00. The second-order valence-corrected chi connectivity index (χ2v) is 8.11. The number of esters is 1. The number of hydrogen-bond acceptors (Lipinski definition) is 5. The van der Waals surface area contributed by atoms with Gasteiger partial charge in [0, 0.05) is 21.0 Å². The number of aromatic amines is 1. The van der Waals surface area contributed by atoms with Crippen LogP contribution in [0.3, 0.4) is 0 Å². The van der Waals surface area contributed by atoms with Crippen LogP contribution in [0.15, 0.2) is 58.3 Å². The summed E-state index contributed by atoms with van der Waals surface area (Å²) in [7, 11) is 0. The van der Waals surface area contributed by atoms with Crippen LogP contribution < -0.4 is 4.90 Å². The van der Waals surface area contributed by atoms with Crippen LogP contribution in [0.1, 0.15) is 39.0 Å². The Bertz CT molecular complexity index is 1140. The van der Waals surface area contributed by atoms with Crippen LogP contribution in [0.5, 0.6) is 0 Å². The number of rotatable bonds is 4. The van der Waals surface area contributed by atoms with E-state index in [-0.39, 0.29) is 17.4 Å². The van der Waals surface area contributed by atoms with Gasteiger partial charge in [0.15, 0.2) is 12.4 Å². The van der Waals surface area contributed by atoms with Crippen molar-refractivity contribution < 1.29 is 19.1 Å². The molecule has 2 heterocycles. The van der Waals surface area contributed by atoms with Crippen LogP contribution in [0.2, 0.25) is 0 Å². The van der Waals surface area contributed by atoms with E-state index in [0.717, 1.165) is 21.2 Å². The number of nitrogens with one attached hydrogen (secondary N) is 1. The van der Waals surface area contributed by atoms with Crippen LogP contribution >= 0.6 is 11.8 Å². The predicted octanol–water partition coefficient (Wildman–Crippen LogP) is 4.82. The molecule has 0 bridgehead atoms. The summed E-state index contributed by atoms with van der Waals surface area (Å²) in [4.78, 5) is 43.9. The lowest BCUT2D eigenvalue weighted by Crippen LogP contribution is -2.32. The Morgan fingerprint density at radius 1 is 0.967 bits per heavy atom. The van der Waals surface area contributed by atoms with E-state index in [1.54, 1.807) is 30.5 Å². The molecule has 0 saturated heterocycles. The summed E-state index contributed by atoms with van der Waals surface area (Å²) in [5.74, 6) is -1.14. The fourth-order valence-corrected chi connectivity index (χ4v) is 4.78. The Balaban J connectivity index is 1.58. The van der Waals surface area contributed by atoms with Gasteiger partial charge in [-0.1, -0.05) is 36.0 Å². The normalized spacial score (nSPS) is 12.2. The highest BCUT2D eigenvalue weighted by molar-refractivity contribution is 7.99. The van der Waals surface area contributed by atoms with E-state index in [2.05, 4.69) is 4.98 Å². The SMILES string of the molecule is CC(=O)c1c(C)[nH]c(C(=O)OCC(=O)N2c3ccccc3Sc3ccccc32)c1C. The maximum absolute atomic E-state index is 13.1. The van der Waals surface area contributed by atoms with Gasteiger partial charge in [0.2, 0.25) is 0 Å². The van der Waals surface area contributed by atoms with E-state index < -0.39 is 12.6 Å². The summed E-state index contributed by atoms with van der Waals surface area (Å²) < 4.78 is 5.32. The third kappa shape index (κ3) is 3.41. The number of benzene rings is 2. The number of hydrogen-bond donors (Lipinski definition) is 1. The molecule has 4 rings (SSSR count). The van der Waals surface area contributed by atoms with Crippen LogP contribution in [-0.2, 0) is 9.53 Å². The van der Waals surface area contributed by atoms with Gasteiger partial charge in [-0.3, -0.25) is 14.5 Å². The standard InChI is InChI=1S/C23H20N2O4S/c1-13-21(15(3)26)14(2)24-22(13)23(28)29-12-20(27)25-16-8-4-6-10-18(16)30-19-11-7-5-9-17(19)25/h4-11,24H,12H2,1-3H3. The van der Waals surface area contributed by atoms with Crippen molar-refractivity contribution in [3.8, 4) is 0 Å². The first-order valence-corrected chi connectivity index (χ1v) is 10.3. The minimum absolute atomic E-state index is 0.129. The van der Waals surface area contributed by atoms with E-state index in [0.29, 0.717) is 16.8 Å². The fraction of sp³-hybridized carbons (Fsp3) is 0.174. The molecule has 1 amide bonds. The summed E-state index contributed by atoms with van der Waals surface area (Å²) >= 11 is 1.60. The number of ketones is 1. The molecule has 1 aliphatic heterocycles. The zero-order chi connectivity index (χ0) is 21.4. The molecule has 152 valence electrons. The monoisotopic (exact) mass is 420 g/mol. The number of fused-ring (bicyclic) bond motifs is 2. The molecule has 30 heavy (non-hydrogen) atoms. The zero-order valence-corrected chi connectivity index (χ0v) is 17.6. The topological polar surface area (TPSA) is 79.5 Å². The first-order chi connectivity index (χ1) is 14.4. The first kappa shape index (κ1) is 20.0. The molecule has 2 aromatic carbocycles. The summed E-state index contributed by atoms with van der Waals surface area (Å²) in [5, 5.41) is 0. The number of aromatic nitrogens is 1. The average molecular weight is 420 g/mol. The summed E-state index contributed by atoms with van der Waals surface area (Å²) in [6.45, 7) is 4.45. The lowest BCUT2D eigenvalue weighted by atomic mass is 10.1. The maximum atomic E-state index is 13.1. The van der Waals surface area contributed by atoms with E-state index in [1.807, 2.05) is 48.5 Å². The number of Topliss-reactive ketones (excluding diaryl/α,β-unsaturated/α-hetero) is 1. The first-order valence-electron chi connectivity index (χ1n) is 9.44. The molecule has 7 heteroatoms. The molecule has 0 spiro atoms. The number of para-hydroxylation sites is 2. The summed E-state index contributed by atoms with van der Waals surface area (Å²) in [6, 6.07) is 15.2. The van der Waals surface area contributed by atoms with Crippen molar-refractivity contribution in [1.29, 1.82) is 0 Å². The Morgan fingerprint density at radius 3 is 2.07 bits per heavy atom. The van der Waals surface area contributed by atoms with Crippen molar-refractivity contribution in [2.24, 2.45) is 0 Å². The Hall–Kier alpha value is -3.32. The molecule has 0 atom stereocenters. The third-order valence-corrected chi connectivity index (χ3v) is 6.13. The Kier molecular flexibility index (Phi) is 5.22. The van der Waals surface area contributed by atoms with Crippen LogP contribution in [0.25, 0.3) is 0 Å². The zero-order valence-electron chi connectivity index (χ0n) is 16.8. The molecule has 1 aliphatic rings. The highest BCUT2D eigenvalue weighted by Gasteiger charge is 2.29. The number of aryl methyl sites for hydroxylation is 1. The van der Waals surface area contributed by atoms with Crippen molar-refractivity contribution in [3.63, 3.8) is 0 Å². The van der Waals surface area contributed by atoms with E-state index >= 15 is 0 Å². The molecular formula is C23H20N2O4S. The molecule has 3 aromatic rings. The minimum Gasteiger partial charge on any atom is -0.451 e. The number of carbonyl (C=O) groups is 3. The van der Waals surface area contributed by atoms with E-state index in [9.17, 15) is 14.4 Å². The van der Waals surface area contributed by atoms with Gasteiger partial charge in [0.1, 0.15) is 5.69 Å². The molecule has 1 N–H and O–H groups in total. The second-order valence-electron chi connectivity index (χ2n) is 7.02. The van der Waals surface area contributed by atoms with E-state index in [4.69, 9.17) is 4.74 Å². The van der Waals surface area contributed by atoms with Gasteiger partial charge in [0.25, 0.3) is 5.91 Å². The van der Waals surface area contributed by atoms with Crippen molar-refractivity contribution in [3.05, 3.63) is 71.0 Å². The number of ether oxygens (including phenoxy) is 1. The molecule has 1 aromatic heterocycles. The Labute approximate surface area is 178 Å². The maximum Gasteiger partial charge on any atom is 0.355 e. The molecule has 0 radical (unpaired) electrons. The van der Waals surface area contributed by atoms with Crippen LogP contribution in [0, 0.1) is 13.8 Å². The minimum atomic E-state index is -0.663. The van der Waals surface area contributed by atoms with Crippen molar-refractivity contribution >= 4 is 40.8 Å². The van der Waals surface area contributed by atoms with Gasteiger partial charge in [-0.15, -0.1) is 0 Å². The smallest absolute Gasteiger partial charge is 0.355 e. The highest BCUT2D eigenvalue weighted by atomic mass is 32.2. The van der Waals surface area contributed by atoms with Gasteiger partial charge in [0.05, 0.1) is 11.4 Å². The molecule has 0 aliphatic carbocycles. The molecule has 0 saturated carbocycles. The average Bonchev–Trinajstić information content (AvgIpc) is 3.04. The van der Waals surface area contributed by atoms with Gasteiger partial charge in [-0.05, 0) is 50.6 Å². The quantitative estimate of drug-likeness (QED) is 0.484. The lowest BCUT2D eigenvalue weighted by molar-refractivity contribution is -0.121. The van der Waals surface area contributed by atoms with Crippen molar-refractivity contribution in [1.82, 2.24) is 4.98 Å². The van der Waals surface area contributed by atoms with Gasteiger partial charge < -0.3 is 9.72 Å². The van der Waals surface area contributed by atoms with Crippen LogP contribution in [-0.4, -0.2) is 29.3 Å². The Morgan fingerprint density at radius 2 is 1.53 bits per heavy atom. The van der Waals surface area contributed by atoms with E-state index in [1.165, 1.54) is 6.92 Å². The number of carbonyl (C=O) groups excluding carboxylic acids is 3. The van der Waals surface area contributed by atoms with Crippen molar-refractivity contribution in [2.45, 2.75) is 30.6 Å². The van der Waals surface area contributed by atoms with Gasteiger partial charge in [-0.2, -0.15) is 0 Å². The second kappa shape index (κ2) is 7.84. The number of H-pyrrole nitrogens is 1. The largest absolute Gasteiger partial charge is 0.451 e. The van der Waals surface area contributed by atoms with Gasteiger partial charge >= 0.3 is 5.97 Å². The number of amides is 1. The lowest BCUT2D eigenvalue weighted by Gasteiger charge is -2.30.